The molecule has 0 radical (unpaired) electrons. The minimum atomic E-state index is -0.248. The fourth-order valence-corrected chi connectivity index (χ4v) is 2.83. The average molecular weight is 316 g/mol. The van der Waals surface area contributed by atoms with Crippen LogP contribution in [0.15, 0.2) is 30.5 Å². The molecular formula is C17H21FN4O. The standard InChI is InChI=1S/C17H21FN4O/c1-20(2)16(23)12-21-7-9-22(10-8-21)17-15-11-14(18)4-3-13(15)5-6-19-17/h3-6,11H,7-10,12H2,1-2H3. The highest BCUT2D eigenvalue weighted by atomic mass is 19.1. The number of rotatable bonds is 3. The number of fused-ring (bicyclic) bond motifs is 1. The minimum absolute atomic E-state index is 0.115. The van der Waals surface area contributed by atoms with Gasteiger partial charge >= 0.3 is 0 Å². The van der Waals surface area contributed by atoms with E-state index in [-0.39, 0.29) is 11.7 Å². The summed E-state index contributed by atoms with van der Waals surface area (Å²) in [6, 6.07) is 6.68. The minimum Gasteiger partial charge on any atom is -0.354 e. The maximum Gasteiger partial charge on any atom is 0.236 e. The van der Waals surface area contributed by atoms with Crippen molar-refractivity contribution in [2.24, 2.45) is 0 Å². The van der Waals surface area contributed by atoms with Crippen LogP contribution in [0.25, 0.3) is 10.8 Å². The maximum atomic E-state index is 13.6. The van der Waals surface area contributed by atoms with Crippen molar-refractivity contribution in [2.45, 2.75) is 0 Å². The zero-order valence-electron chi connectivity index (χ0n) is 13.5. The number of carbonyl (C=O) groups is 1. The first-order valence-electron chi connectivity index (χ1n) is 7.76. The van der Waals surface area contributed by atoms with Gasteiger partial charge < -0.3 is 9.80 Å². The van der Waals surface area contributed by atoms with Gasteiger partial charge in [-0.3, -0.25) is 9.69 Å². The van der Waals surface area contributed by atoms with Gasteiger partial charge in [0.05, 0.1) is 6.54 Å². The third-order valence-corrected chi connectivity index (χ3v) is 4.24. The zero-order chi connectivity index (χ0) is 16.4. The van der Waals surface area contributed by atoms with Gasteiger partial charge in [-0.25, -0.2) is 9.37 Å². The van der Waals surface area contributed by atoms with Crippen molar-refractivity contribution < 1.29 is 9.18 Å². The lowest BCUT2D eigenvalue weighted by atomic mass is 10.1. The van der Waals surface area contributed by atoms with Crippen molar-refractivity contribution in [3.8, 4) is 0 Å². The third kappa shape index (κ3) is 3.42. The predicted molar refractivity (Wildman–Crippen MR) is 89.0 cm³/mol. The van der Waals surface area contributed by atoms with Crippen LogP contribution in [0.3, 0.4) is 0 Å². The Kier molecular flexibility index (Phi) is 4.43. The van der Waals surface area contributed by atoms with Crippen molar-refractivity contribution in [3.05, 3.63) is 36.3 Å². The summed E-state index contributed by atoms with van der Waals surface area (Å²) in [5.74, 6) is 0.686. The lowest BCUT2D eigenvalue weighted by Gasteiger charge is -2.35. The van der Waals surface area contributed by atoms with E-state index in [9.17, 15) is 9.18 Å². The molecule has 0 aliphatic carbocycles. The number of carbonyl (C=O) groups excluding carboxylic acids is 1. The van der Waals surface area contributed by atoms with Crippen LogP contribution in [0.1, 0.15) is 0 Å². The fourth-order valence-electron chi connectivity index (χ4n) is 2.83. The van der Waals surface area contributed by atoms with Crippen LogP contribution in [0.2, 0.25) is 0 Å². The molecule has 0 saturated carbocycles. The zero-order valence-corrected chi connectivity index (χ0v) is 13.5. The highest BCUT2D eigenvalue weighted by Gasteiger charge is 2.21. The summed E-state index contributed by atoms with van der Waals surface area (Å²) in [4.78, 5) is 22.2. The normalized spacial score (nSPS) is 15.9. The molecule has 2 heterocycles. The molecule has 23 heavy (non-hydrogen) atoms. The summed E-state index contributed by atoms with van der Waals surface area (Å²) in [7, 11) is 3.54. The topological polar surface area (TPSA) is 39.7 Å². The third-order valence-electron chi connectivity index (χ3n) is 4.24. The number of anilines is 1. The first-order chi connectivity index (χ1) is 11.0. The van der Waals surface area contributed by atoms with E-state index >= 15 is 0 Å². The quantitative estimate of drug-likeness (QED) is 0.862. The monoisotopic (exact) mass is 316 g/mol. The molecule has 1 aromatic heterocycles. The molecule has 6 heteroatoms. The summed E-state index contributed by atoms with van der Waals surface area (Å²) in [5.41, 5.74) is 0. The number of hydrogen-bond donors (Lipinski definition) is 0. The van der Waals surface area contributed by atoms with Crippen molar-refractivity contribution in [1.82, 2.24) is 14.8 Å². The molecule has 1 aliphatic heterocycles. The predicted octanol–water partition coefficient (Wildman–Crippen LogP) is 1.58. The van der Waals surface area contributed by atoms with Crippen molar-refractivity contribution in [1.29, 1.82) is 0 Å². The molecule has 1 saturated heterocycles. The van der Waals surface area contributed by atoms with Gasteiger partial charge in [-0.15, -0.1) is 0 Å². The highest BCUT2D eigenvalue weighted by Crippen LogP contribution is 2.26. The Labute approximate surface area is 135 Å². The lowest BCUT2D eigenvalue weighted by molar-refractivity contribution is -0.129. The maximum absolute atomic E-state index is 13.6. The van der Waals surface area contributed by atoms with E-state index in [1.54, 1.807) is 37.3 Å². The van der Waals surface area contributed by atoms with Crippen LogP contribution in [0.5, 0.6) is 0 Å². The van der Waals surface area contributed by atoms with Crippen molar-refractivity contribution in [3.63, 3.8) is 0 Å². The smallest absolute Gasteiger partial charge is 0.236 e. The molecule has 0 bridgehead atoms. The molecule has 0 N–H and O–H groups in total. The second kappa shape index (κ2) is 6.50. The molecule has 0 spiro atoms. The summed E-state index contributed by atoms with van der Waals surface area (Å²) >= 11 is 0. The van der Waals surface area contributed by atoms with E-state index in [2.05, 4.69) is 14.8 Å². The highest BCUT2D eigenvalue weighted by molar-refractivity contribution is 5.92. The number of pyridine rings is 1. The Morgan fingerprint density at radius 2 is 1.96 bits per heavy atom. The molecule has 3 rings (SSSR count). The first kappa shape index (κ1) is 15.7. The molecule has 1 fully saturated rings. The molecule has 122 valence electrons. The summed E-state index contributed by atoms with van der Waals surface area (Å²) in [6.07, 6.45) is 1.76. The molecule has 1 aliphatic rings. The van der Waals surface area contributed by atoms with Gasteiger partial charge in [0, 0.05) is 51.9 Å². The van der Waals surface area contributed by atoms with Crippen LogP contribution in [0.4, 0.5) is 10.2 Å². The van der Waals surface area contributed by atoms with Gasteiger partial charge in [-0.05, 0) is 23.6 Å². The van der Waals surface area contributed by atoms with Gasteiger partial charge in [-0.1, -0.05) is 6.07 Å². The summed E-state index contributed by atoms with van der Waals surface area (Å²) < 4.78 is 13.6. The molecule has 1 amide bonds. The second-order valence-corrected chi connectivity index (χ2v) is 6.05. The van der Waals surface area contributed by atoms with Crippen LogP contribution in [-0.2, 0) is 4.79 Å². The van der Waals surface area contributed by atoms with Gasteiger partial charge in [-0.2, -0.15) is 0 Å². The number of piperazine rings is 1. The van der Waals surface area contributed by atoms with E-state index in [0.717, 1.165) is 42.8 Å². The average Bonchev–Trinajstić information content (AvgIpc) is 2.55. The Balaban J connectivity index is 1.73. The van der Waals surface area contributed by atoms with E-state index in [0.29, 0.717) is 6.54 Å². The van der Waals surface area contributed by atoms with Crippen LogP contribution in [-0.4, -0.2) is 67.5 Å². The number of benzene rings is 1. The molecule has 0 unspecified atom stereocenters. The van der Waals surface area contributed by atoms with Gasteiger partial charge in [0.1, 0.15) is 11.6 Å². The van der Waals surface area contributed by atoms with Gasteiger partial charge in [0.2, 0.25) is 5.91 Å². The van der Waals surface area contributed by atoms with E-state index in [1.165, 1.54) is 6.07 Å². The van der Waals surface area contributed by atoms with E-state index < -0.39 is 0 Å². The van der Waals surface area contributed by atoms with E-state index in [4.69, 9.17) is 0 Å². The summed E-state index contributed by atoms with van der Waals surface area (Å²) in [5, 5.41) is 1.83. The van der Waals surface area contributed by atoms with Crippen LogP contribution >= 0.6 is 0 Å². The van der Waals surface area contributed by atoms with E-state index in [1.807, 2.05) is 6.07 Å². The van der Waals surface area contributed by atoms with Gasteiger partial charge in [0.15, 0.2) is 0 Å². The largest absolute Gasteiger partial charge is 0.354 e. The first-order valence-corrected chi connectivity index (χ1v) is 7.76. The number of nitrogens with zero attached hydrogens (tertiary/aromatic N) is 4. The number of aromatic nitrogens is 1. The molecular weight excluding hydrogens is 295 g/mol. The van der Waals surface area contributed by atoms with Crippen molar-refractivity contribution in [2.75, 3.05) is 51.7 Å². The second-order valence-electron chi connectivity index (χ2n) is 6.05. The molecule has 2 aromatic rings. The van der Waals surface area contributed by atoms with Crippen molar-refractivity contribution >= 4 is 22.5 Å². The molecule has 1 aromatic carbocycles. The Morgan fingerprint density at radius 3 is 2.65 bits per heavy atom. The number of amides is 1. The Hall–Kier alpha value is -2.21. The Morgan fingerprint density at radius 1 is 1.22 bits per heavy atom. The van der Waals surface area contributed by atoms with Crippen LogP contribution < -0.4 is 4.90 Å². The summed E-state index contributed by atoms with van der Waals surface area (Å²) in [6.45, 7) is 3.60. The number of halogens is 1. The SMILES string of the molecule is CN(C)C(=O)CN1CCN(c2nccc3ccc(F)cc23)CC1. The lowest BCUT2D eigenvalue weighted by Crippen LogP contribution is -2.49. The van der Waals surface area contributed by atoms with Crippen LogP contribution in [0, 0.1) is 5.82 Å². The Bertz CT molecular complexity index is 711. The molecule has 5 nitrogen and oxygen atoms in total. The molecule has 0 atom stereocenters. The number of hydrogen-bond acceptors (Lipinski definition) is 4. The number of likely N-dealkylation sites (N-methyl/N-ethyl adjacent to an activating group) is 1. The van der Waals surface area contributed by atoms with Gasteiger partial charge in [0.25, 0.3) is 0 Å². The fraction of sp³-hybridized carbons (Fsp3) is 0.412.